The molecule has 1 aromatic rings. The molecule has 0 saturated carbocycles. The number of carboxylic acids is 2. The zero-order valence-electron chi connectivity index (χ0n) is 10.5. The lowest BCUT2D eigenvalue weighted by Gasteiger charge is -2.10. The van der Waals surface area contributed by atoms with Gasteiger partial charge in [0, 0.05) is 11.6 Å². The van der Waals surface area contributed by atoms with Gasteiger partial charge in [0.1, 0.15) is 11.9 Å². The summed E-state index contributed by atoms with van der Waals surface area (Å²) < 4.78 is 13.4. The van der Waals surface area contributed by atoms with E-state index in [-0.39, 0.29) is 10.6 Å². The van der Waals surface area contributed by atoms with E-state index in [4.69, 9.17) is 21.8 Å². The van der Waals surface area contributed by atoms with Crippen LogP contribution in [0.25, 0.3) is 6.08 Å². The van der Waals surface area contributed by atoms with Gasteiger partial charge in [-0.15, -0.1) is 0 Å². The quantitative estimate of drug-likeness (QED) is 0.691. The van der Waals surface area contributed by atoms with Gasteiger partial charge in [0.2, 0.25) is 5.91 Å². The number of hydrogen-bond acceptors (Lipinski definition) is 3. The molecule has 0 aromatic heterocycles. The first kappa shape index (κ1) is 16.6. The van der Waals surface area contributed by atoms with Gasteiger partial charge in [0.15, 0.2) is 0 Å². The third-order valence-electron chi connectivity index (χ3n) is 2.39. The molecule has 0 radical (unpaired) electrons. The molecule has 1 rings (SSSR count). The highest BCUT2D eigenvalue weighted by molar-refractivity contribution is 6.32. The molecule has 1 aromatic carbocycles. The third kappa shape index (κ3) is 5.23. The predicted molar refractivity (Wildman–Crippen MR) is 72.3 cm³/mol. The highest BCUT2D eigenvalue weighted by Crippen LogP contribution is 2.20. The highest BCUT2D eigenvalue weighted by Gasteiger charge is 2.22. The van der Waals surface area contributed by atoms with Crippen LogP contribution in [0, 0.1) is 5.82 Å². The van der Waals surface area contributed by atoms with Crippen LogP contribution in [0.4, 0.5) is 4.39 Å². The summed E-state index contributed by atoms with van der Waals surface area (Å²) >= 11 is 5.74. The van der Waals surface area contributed by atoms with Gasteiger partial charge in [0.05, 0.1) is 11.4 Å². The van der Waals surface area contributed by atoms with Crippen LogP contribution in [0.1, 0.15) is 12.0 Å². The lowest BCUT2D eigenvalue weighted by Crippen LogP contribution is -2.41. The fourth-order valence-electron chi connectivity index (χ4n) is 1.42. The normalized spacial score (nSPS) is 12.1. The van der Waals surface area contributed by atoms with E-state index in [0.29, 0.717) is 0 Å². The molecule has 1 amide bonds. The summed E-state index contributed by atoms with van der Waals surface area (Å²) in [6.45, 7) is 0. The van der Waals surface area contributed by atoms with Gasteiger partial charge in [0.25, 0.3) is 0 Å². The second kappa shape index (κ2) is 7.39. The Morgan fingerprint density at radius 2 is 2.00 bits per heavy atom. The SMILES string of the molecule is O=C(O)C[C@H](NC(=O)/C=C/c1c(F)cccc1Cl)C(=O)O. The summed E-state index contributed by atoms with van der Waals surface area (Å²) in [5, 5.41) is 19.4. The molecule has 0 saturated heterocycles. The number of aliphatic carboxylic acids is 2. The minimum absolute atomic E-state index is 0.0283. The van der Waals surface area contributed by atoms with E-state index in [9.17, 15) is 18.8 Å². The van der Waals surface area contributed by atoms with Crippen molar-refractivity contribution in [2.24, 2.45) is 0 Å². The molecule has 6 nitrogen and oxygen atoms in total. The van der Waals surface area contributed by atoms with Crippen LogP contribution in [0.15, 0.2) is 24.3 Å². The molecule has 1 atom stereocenters. The first-order chi connectivity index (χ1) is 9.81. The summed E-state index contributed by atoms with van der Waals surface area (Å²) in [5.74, 6) is -4.37. The Labute approximate surface area is 123 Å². The first-order valence-corrected chi connectivity index (χ1v) is 6.06. The van der Waals surface area contributed by atoms with Crippen LogP contribution in [0.5, 0.6) is 0 Å². The van der Waals surface area contributed by atoms with Crippen LogP contribution in [-0.2, 0) is 14.4 Å². The molecule has 0 aliphatic carbocycles. The van der Waals surface area contributed by atoms with Crippen molar-refractivity contribution in [1.82, 2.24) is 5.32 Å². The Kier molecular flexibility index (Phi) is 5.86. The summed E-state index contributed by atoms with van der Waals surface area (Å²) in [7, 11) is 0. The molecule has 3 N–H and O–H groups in total. The molecule has 0 aliphatic rings. The van der Waals surface area contributed by atoms with Crippen LogP contribution in [-0.4, -0.2) is 34.1 Å². The number of amides is 1. The molecule has 0 heterocycles. The molecule has 8 heteroatoms. The number of halogens is 2. The maximum absolute atomic E-state index is 13.4. The number of rotatable bonds is 6. The molecule has 0 spiro atoms. The summed E-state index contributed by atoms with van der Waals surface area (Å²) in [6, 6.07) is 2.39. The van der Waals surface area contributed by atoms with Crippen molar-refractivity contribution >= 4 is 35.5 Å². The van der Waals surface area contributed by atoms with Gasteiger partial charge in [-0.3, -0.25) is 9.59 Å². The molecular formula is C13H11ClFNO5. The third-order valence-corrected chi connectivity index (χ3v) is 2.72. The molecule has 21 heavy (non-hydrogen) atoms. The zero-order valence-corrected chi connectivity index (χ0v) is 11.3. The van der Waals surface area contributed by atoms with Crippen molar-refractivity contribution in [3.63, 3.8) is 0 Å². The van der Waals surface area contributed by atoms with E-state index in [1.165, 1.54) is 12.1 Å². The molecular weight excluding hydrogens is 305 g/mol. The van der Waals surface area contributed by atoms with Crippen LogP contribution >= 0.6 is 11.6 Å². The second-order valence-corrected chi connectivity index (χ2v) is 4.37. The van der Waals surface area contributed by atoms with Gasteiger partial charge in [-0.2, -0.15) is 0 Å². The number of hydrogen-bond donors (Lipinski definition) is 3. The number of benzene rings is 1. The Morgan fingerprint density at radius 3 is 2.52 bits per heavy atom. The van der Waals surface area contributed by atoms with Gasteiger partial charge in [-0.1, -0.05) is 17.7 Å². The summed E-state index contributed by atoms with van der Waals surface area (Å²) in [5.41, 5.74) is -0.0283. The largest absolute Gasteiger partial charge is 0.481 e. The number of carbonyl (C=O) groups excluding carboxylic acids is 1. The Balaban J connectivity index is 2.78. The summed E-state index contributed by atoms with van der Waals surface area (Å²) in [6.07, 6.45) is 1.18. The number of carboxylic acid groups (broad SMARTS) is 2. The van der Waals surface area contributed by atoms with Gasteiger partial charge in [-0.05, 0) is 18.2 Å². The smallest absolute Gasteiger partial charge is 0.326 e. The fourth-order valence-corrected chi connectivity index (χ4v) is 1.65. The number of carbonyl (C=O) groups is 3. The molecule has 112 valence electrons. The standard InChI is InChI=1S/C13H11ClFNO5/c14-8-2-1-3-9(15)7(8)4-5-11(17)16-10(13(20)21)6-12(18)19/h1-5,10H,6H2,(H,16,17)(H,18,19)(H,20,21)/b5-4+/t10-/m0/s1. The van der Waals surface area contributed by atoms with Crippen LogP contribution < -0.4 is 5.32 Å². The van der Waals surface area contributed by atoms with Crippen molar-refractivity contribution in [1.29, 1.82) is 0 Å². The van der Waals surface area contributed by atoms with Crippen molar-refractivity contribution < 1.29 is 29.0 Å². The van der Waals surface area contributed by atoms with E-state index in [2.05, 4.69) is 0 Å². The maximum atomic E-state index is 13.4. The van der Waals surface area contributed by atoms with E-state index in [0.717, 1.165) is 18.2 Å². The fraction of sp³-hybridized carbons (Fsp3) is 0.154. The van der Waals surface area contributed by atoms with Crippen molar-refractivity contribution in [3.8, 4) is 0 Å². The minimum atomic E-state index is -1.57. The number of nitrogens with one attached hydrogen (secondary N) is 1. The summed E-state index contributed by atoms with van der Waals surface area (Å²) in [4.78, 5) is 32.7. The lowest BCUT2D eigenvalue weighted by molar-refractivity contribution is -0.146. The van der Waals surface area contributed by atoms with Crippen LogP contribution in [0.2, 0.25) is 5.02 Å². The predicted octanol–water partition coefficient (Wildman–Crippen LogP) is 1.54. The molecule has 0 aliphatic heterocycles. The Hall–Kier alpha value is -2.41. The minimum Gasteiger partial charge on any atom is -0.481 e. The average molecular weight is 316 g/mol. The van der Waals surface area contributed by atoms with Gasteiger partial charge < -0.3 is 15.5 Å². The van der Waals surface area contributed by atoms with Crippen molar-refractivity contribution in [2.45, 2.75) is 12.5 Å². The topological polar surface area (TPSA) is 104 Å². The molecule has 0 unspecified atom stereocenters. The van der Waals surface area contributed by atoms with E-state index >= 15 is 0 Å². The van der Waals surface area contributed by atoms with E-state index < -0.39 is 36.1 Å². The average Bonchev–Trinajstić information content (AvgIpc) is 2.36. The molecule has 0 fully saturated rings. The van der Waals surface area contributed by atoms with E-state index in [1.807, 2.05) is 5.32 Å². The van der Waals surface area contributed by atoms with Crippen molar-refractivity contribution in [3.05, 3.63) is 40.7 Å². The second-order valence-electron chi connectivity index (χ2n) is 3.97. The zero-order chi connectivity index (χ0) is 16.0. The maximum Gasteiger partial charge on any atom is 0.326 e. The first-order valence-electron chi connectivity index (χ1n) is 5.68. The van der Waals surface area contributed by atoms with E-state index in [1.54, 1.807) is 0 Å². The van der Waals surface area contributed by atoms with Crippen LogP contribution in [0.3, 0.4) is 0 Å². The van der Waals surface area contributed by atoms with Gasteiger partial charge in [-0.25, -0.2) is 9.18 Å². The van der Waals surface area contributed by atoms with Gasteiger partial charge >= 0.3 is 11.9 Å². The monoisotopic (exact) mass is 315 g/mol. The molecule has 0 bridgehead atoms. The lowest BCUT2D eigenvalue weighted by atomic mass is 10.2. The van der Waals surface area contributed by atoms with Crippen molar-refractivity contribution in [2.75, 3.05) is 0 Å². The Morgan fingerprint density at radius 1 is 1.33 bits per heavy atom. The Bertz CT molecular complexity index is 582. The highest BCUT2D eigenvalue weighted by atomic mass is 35.5.